The van der Waals surface area contributed by atoms with Crippen LogP contribution in [0.2, 0.25) is 0 Å². The molecule has 0 saturated heterocycles. The highest BCUT2D eigenvalue weighted by molar-refractivity contribution is 5.10. The number of hydrogen-bond acceptors (Lipinski definition) is 0. The Morgan fingerprint density at radius 1 is 1.00 bits per heavy atom. The smallest absolute Gasteiger partial charge is 0.0199 e. The molecular formula is C11H16. The van der Waals surface area contributed by atoms with Gasteiger partial charge in [0.2, 0.25) is 0 Å². The van der Waals surface area contributed by atoms with E-state index in [0.717, 1.165) is 11.8 Å². The molecule has 0 heteroatoms. The molecule has 0 bridgehead atoms. The minimum atomic E-state index is 0.902. The molecule has 1 saturated carbocycles. The predicted octanol–water partition coefficient (Wildman–Crippen LogP) is 3.31. The minimum absolute atomic E-state index is 0.902. The van der Waals surface area contributed by atoms with E-state index in [-0.39, 0.29) is 0 Å². The van der Waals surface area contributed by atoms with Crippen LogP contribution in [0.25, 0.3) is 0 Å². The third kappa shape index (κ3) is 1.55. The molecule has 2 atom stereocenters. The summed E-state index contributed by atoms with van der Waals surface area (Å²) in [5.41, 5.74) is 0. The molecule has 2 rings (SSSR count). The van der Waals surface area contributed by atoms with E-state index in [2.05, 4.69) is 24.3 Å². The summed E-state index contributed by atoms with van der Waals surface area (Å²) >= 11 is 0. The van der Waals surface area contributed by atoms with Gasteiger partial charge in [0.25, 0.3) is 0 Å². The van der Waals surface area contributed by atoms with Gasteiger partial charge in [-0.1, -0.05) is 37.1 Å². The van der Waals surface area contributed by atoms with Gasteiger partial charge in [-0.25, -0.2) is 0 Å². The standard InChI is InChI=1S/C11H16/c1-2-6-10-8-4-5-9-11(10)7-3-1/h1-3,6,10-11H,4-5,7-9H2. The molecule has 0 spiro atoms. The predicted molar refractivity (Wildman–Crippen MR) is 48.3 cm³/mol. The summed E-state index contributed by atoms with van der Waals surface area (Å²) < 4.78 is 0. The van der Waals surface area contributed by atoms with Gasteiger partial charge < -0.3 is 0 Å². The Kier molecular flexibility index (Phi) is 2.11. The lowest BCUT2D eigenvalue weighted by atomic mass is 9.78. The summed E-state index contributed by atoms with van der Waals surface area (Å²) in [5, 5.41) is 0. The Bertz CT molecular complexity index is 176. The van der Waals surface area contributed by atoms with Gasteiger partial charge in [-0.05, 0) is 31.1 Å². The Balaban J connectivity index is 2.07. The fourth-order valence-electron chi connectivity index (χ4n) is 2.32. The molecule has 11 heavy (non-hydrogen) atoms. The zero-order valence-corrected chi connectivity index (χ0v) is 7.00. The Hall–Kier alpha value is -0.520. The van der Waals surface area contributed by atoms with Crippen LogP contribution in [0.15, 0.2) is 24.3 Å². The average Bonchev–Trinajstić information content (AvgIpc) is 2.28. The summed E-state index contributed by atoms with van der Waals surface area (Å²) in [6.07, 6.45) is 16.3. The van der Waals surface area contributed by atoms with Crippen molar-refractivity contribution in [2.45, 2.75) is 32.1 Å². The van der Waals surface area contributed by atoms with Gasteiger partial charge in [0.15, 0.2) is 0 Å². The molecule has 60 valence electrons. The van der Waals surface area contributed by atoms with Crippen molar-refractivity contribution in [3.63, 3.8) is 0 Å². The van der Waals surface area contributed by atoms with Gasteiger partial charge in [-0.2, -0.15) is 0 Å². The van der Waals surface area contributed by atoms with Crippen molar-refractivity contribution in [1.82, 2.24) is 0 Å². The summed E-state index contributed by atoms with van der Waals surface area (Å²) in [4.78, 5) is 0. The third-order valence-corrected chi connectivity index (χ3v) is 3.01. The van der Waals surface area contributed by atoms with Crippen LogP contribution < -0.4 is 0 Å². The summed E-state index contributed by atoms with van der Waals surface area (Å²) in [7, 11) is 0. The first-order valence-corrected chi connectivity index (χ1v) is 4.80. The minimum Gasteiger partial charge on any atom is -0.0843 e. The van der Waals surface area contributed by atoms with E-state index in [1.165, 1.54) is 32.1 Å². The summed E-state index contributed by atoms with van der Waals surface area (Å²) in [6, 6.07) is 0. The van der Waals surface area contributed by atoms with E-state index in [0.29, 0.717) is 0 Å². The van der Waals surface area contributed by atoms with E-state index in [9.17, 15) is 0 Å². The first kappa shape index (κ1) is 7.15. The van der Waals surface area contributed by atoms with Crippen LogP contribution in [0.4, 0.5) is 0 Å². The van der Waals surface area contributed by atoms with Gasteiger partial charge in [0, 0.05) is 0 Å². The highest BCUT2D eigenvalue weighted by atomic mass is 14.3. The zero-order valence-electron chi connectivity index (χ0n) is 7.00. The van der Waals surface area contributed by atoms with Crippen molar-refractivity contribution in [1.29, 1.82) is 0 Å². The molecule has 2 unspecified atom stereocenters. The van der Waals surface area contributed by atoms with Crippen LogP contribution >= 0.6 is 0 Å². The molecule has 0 N–H and O–H groups in total. The Morgan fingerprint density at radius 2 is 1.91 bits per heavy atom. The topological polar surface area (TPSA) is 0 Å². The molecule has 0 aromatic heterocycles. The quantitative estimate of drug-likeness (QED) is 0.494. The zero-order chi connectivity index (χ0) is 7.52. The van der Waals surface area contributed by atoms with Crippen molar-refractivity contribution in [2.24, 2.45) is 11.8 Å². The maximum atomic E-state index is 2.41. The molecule has 0 aliphatic heterocycles. The molecule has 0 heterocycles. The Labute approximate surface area is 69.0 Å². The van der Waals surface area contributed by atoms with Crippen LogP contribution in [0.3, 0.4) is 0 Å². The van der Waals surface area contributed by atoms with Gasteiger partial charge in [0.1, 0.15) is 0 Å². The number of rotatable bonds is 0. The summed E-state index contributed by atoms with van der Waals surface area (Å²) in [5.74, 6) is 1.87. The second kappa shape index (κ2) is 3.25. The normalized spacial score (nSPS) is 36.4. The molecule has 0 aromatic carbocycles. The number of hydrogen-bond donors (Lipinski definition) is 0. The largest absolute Gasteiger partial charge is 0.0843 e. The van der Waals surface area contributed by atoms with Gasteiger partial charge in [0.05, 0.1) is 0 Å². The van der Waals surface area contributed by atoms with E-state index in [4.69, 9.17) is 0 Å². The fraction of sp³-hybridized carbons (Fsp3) is 0.636. The van der Waals surface area contributed by atoms with Gasteiger partial charge in [-0.15, -0.1) is 0 Å². The molecular weight excluding hydrogens is 132 g/mol. The maximum Gasteiger partial charge on any atom is -0.0199 e. The SMILES string of the molecule is C1=CCC2CCCCC2C=C1. The van der Waals surface area contributed by atoms with Crippen molar-refractivity contribution < 1.29 is 0 Å². The second-order valence-corrected chi connectivity index (χ2v) is 3.76. The van der Waals surface area contributed by atoms with Crippen molar-refractivity contribution in [2.75, 3.05) is 0 Å². The van der Waals surface area contributed by atoms with Crippen LogP contribution in [0.1, 0.15) is 32.1 Å². The molecule has 0 amide bonds. The van der Waals surface area contributed by atoms with E-state index >= 15 is 0 Å². The fourth-order valence-corrected chi connectivity index (χ4v) is 2.32. The number of fused-ring (bicyclic) bond motifs is 1. The average molecular weight is 148 g/mol. The van der Waals surface area contributed by atoms with E-state index in [1.54, 1.807) is 0 Å². The molecule has 1 fully saturated rings. The molecule has 2 aliphatic rings. The third-order valence-electron chi connectivity index (χ3n) is 3.01. The van der Waals surface area contributed by atoms with Crippen LogP contribution in [0.5, 0.6) is 0 Å². The van der Waals surface area contributed by atoms with Crippen LogP contribution in [-0.4, -0.2) is 0 Å². The highest BCUT2D eigenvalue weighted by Crippen LogP contribution is 2.34. The first-order valence-electron chi connectivity index (χ1n) is 4.80. The lowest BCUT2D eigenvalue weighted by Crippen LogP contribution is -2.16. The maximum absolute atomic E-state index is 2.41. The lowest BCUT2D eigenvalue weighted by molar-refractivity contribution is 0.287. The number of allylic oxidation sites excluding steroid dienone is 4. The van der Waals surface area contributed by atoms with Crippen LogP contribution in [0, 0.1) is 11.8 Å². The monoisotopic (exact) mass is 148 g/mol. The van der Waals surface area contributed by atoms with Crippen molar-refractivity contribution >= 4 is 0 Å². The molecule has 0 nitrogen and oxygen atoms in total. The lowest BCUT2D eigenvalue weighted by Gasteiger charge is -2.27. The van der Waals surface area contributed by atoms with E-state index < -0.39 is 0 Å². The van der Waals surface area contributed by atoms with Gasteiger partial charge >= 0.3 is 0 Å². The highest BCUT2D eigenvalue weighted by Gasteiger charge is 2.22. The van der Waals surface area contributed by atoms with E-state index in [1.807, 2.05) is 0 Å². The Morgan fingerprint density at radius 3 is 2.91 bits per heavy atom. The second-order valence-electron chi connectivity index (χ2n) is 3.76. The molecule has 0 radical (unpaired) electrons. The van der Waals surface area contributed by atoms with Crippen molar-refractivity contribution in [3.05, 3.63) is 24.3 Å². The van der Waals surface area contributed by atoms with Crippen molar-refractivity contribution in [3.8, 4) is 0 Å². The summed E-state index contributed by atoms with van der Waals surface area (Å²) in [6.45, 7) is 0. The molecule has 0 aromatic rings. The molecule has 2 aliphatic carbocycles. The van der Waals surface area contributed by atoms with Gasteiger partial charge in [-0.3, -0.25) is 0 Å². The first-order chi connectivity index (χ1) is 5.47. The van der Waals surface area contributed by atoms with Crippen LogP contribution in [-0.2, 0) is 0 Å².